The van der Waals surface area contributed by atoms with Crippen LogP contribution in [0.1, 0.15) is 31.7 Å². The Hall–Kier alpha value is -1.87. The van der Waals surface area contributed by atoms with E-state index in [4.69, 9.17) is 0 Å². The first-order chi connectivity index (χ1) is 13.7. The zero-order valence-electron chi connectivity index (χ0n) is 17.3. The van der Waals surface area contributed by atoms with Crippen LogP contribution in [0.3, 0.4) is 0 Å². The third kappa shape index (κ3) is 5.39. The second kappa shape index (κ2) is 8.87. The van der Waals surface area contributed by atoms with Crippen molar-refractivity contribution < 1.29 is 13.2 Å². The van der Waals surface area contributed by atoms with Gasteiger partial charge in [0, 0.05) is 18.3 Å². The molecule has 2 heterocycles. The fourth-order valence-electron chi connectivity index (χ4n) is 3.58. The summed E-state index contributed by atoms with van der Waals surface area (Å²) in [5.74, 6) is 1.40. The molecule has 2 aromatic rings. The highest BCUT2D eigenvalue weighted by molar-refractivity contribution is 7.99. The zero-order chi connectivity index (χ0) is 21.2. The summed E-state index contributed by atoms with van der Waals surface area (Å²) in [5, 5.41) is 9.08. The summed E-state index contributed by atoms with van der Waals surface area (Å²) < 4.78 is 25.7. The average Bonchev–Trinajstić information content (AvgIpc) is 3.19. The number of hydrogen-bond acceptors (Lipinski definition) is 6. The summed E-state index contributed by atoms with van der Waals surface area (Å²) in [6, 6.07) is 7.82. The number of aryl methyl sites for hydroxylation is 2. The smallest absolute Gasteiger partial charge is 0.233 e. The van der Waals surface area contributed by atoms with Crippen LogP contribution in [0, 0.1) is 19.8 Å². The van der Waals surface area contributed by atoms with Gasteiger partial charge in [0.25, 0.3) is 0 Å². The lowest BCUT2D eigenvalue weighted by atomic mass is 10.1. The van der Waals surface area contributed by atoms with E-state index in [1.807, 2.05) is 50.5 Å². The van der Waals surface area contributed by atoms with Crippen LogP contribution in [0.15, 0.2) is 29.4 Å². The van der Waals surface area contributed by atoms with Gasteiger partial charge in [-0.15, -0.1) is 10.2 Å². The average molecular weight is 437 g/mol. The van der Waals surface area contributed by atoms with Gasteiger partial charge in [-0.2, -0.15) is 0 Å². The molecule has 1 fully saturated rings. The van der Waals surface area contributed by atoms with Crippen LogP contribution in [0.5, 0.6) is 0 Å². The maximum Gasteiger partial charge on any atom is 0.233 e. The largest absolute Gasteiger partial charge is 0.338 e. The Morgan fingerprint density at radius 3 is 2.69 bits per heavy atom. The predicted molar refractivity (Wildman–Crippen MR) is 115 cm³/mol. The molecule has 0 radical (unpaired) electrons. The van der Waals surface area contributed by atoms with Gasteiger partial charge in [0.1, 0.15) is 5.82 Å². The van der Waals surface area contributed by atoms with Gasteiger partial charge in [0.05, 0.1) is 17.3 Å². The molecule has 0 N–H and O–H groups in total. The molecule has 158 valence electrons. The summed E-state index contributed by atoms with van der Waals surface area (Å²) in [7, 11) is -3.05. The Morgan fingerprint density at radius 2 is 2.07 bits per heavy atom. The number of amides is 1. The number of thioether (sulfide) groups is 1. The second-order valence-corrected chi connectivity index (χ2v) is 11.2. The highest BCUT2D eigenvalue weighted by Crippen LogP contribution is 2.25. The fourth-order valence-corrected chi connectivity index (χ4v) is 6.19. The summed E-state index contributed by atoms with van der Waals surface area (Å²) in [5.41, 5.74) is 2.09. The normalized spacial score (nSPS) is 18.3. The topological polar surface area (TPSA) is 85.2 Å². The number of hydrogen-bond donors (Lipinski definition) is 0. The van der Waals surface area contributed by atoms with E-state index in [0.29, 0.717) is 18.1 Å². The number of aromatic nitrogens is 3. The Balaban J connectivity index is 1.75. The fraction of sp³-hybridized carbons (Fsp3) is 0.550. The van der Waals surface area contributed by atoms with Gasteiger partial charge < -0.3 is 4.90 Å². The molecule has 0 saturated carbocycles. The molecule has 0 bridgehead atoms. The van der Waals surface area contributed by atoms with E-state index >= 15 is 0 Å². The lowest BCUT2D eigenvalue weighted by Crippen LogP contribution is -2.44. The standard InChI is InChI=1S/C20H28N4O3S2/c1-14(2)11-23(18-8-9-29(26,27)13-18)19(25)12-28-20-22-21-16(4)24(20)17-7-5-6-15(3)10-17/h5-7,10,14,18H,8-9,11-13H2,1-4H3. The van der Waals surface area contributed by atoms with Gasteiger partial charge in [-0.3, -0.25) is 9.36 Å². The van der Waals surface area contributed by atoms with E-state index in [1.54, 1.807) is 4.90 Å². The van der Waals surface area contributed by atoms with E-state index in [9.17, 15) is 13.2 Å². The van der Waals surface area contributed by atoms with Crippen molar-refractivity contribution in [1.82, 2.24) is 19.7 Å². The predicted octanol–water partition coefficient (Wildman–Crippen LogP) is 2.65. The molecule has 3 rings (SSSR count). The van der Waals surface area contributed by atoms with Crippen LogP contribution >= 0.6 is 11.8 Å². The Bertz CT molecular complexity index is 985. The van der Waals surface area contributed by atoms with E-state index in [1.165, 1.54) is 11.8 Å². The van der Waals surface area contributed by atoms with Crippen molar-refractivity contribution in [3.05, 3.63) is 35.7 Å². The van der Waals surface area contributed by atoms with E-state index in [2.05, 4.69) is 16.3 Å². The number of carbonyl (C=O) groups excluding carboxylic acids is 1. The Labute approximate surface area is 176 Å². The first kappa shape index (κ1) is 21.8. The van der Waals surface area contributed by atoms with Crippen molar-refractivity contribution in [1.29, 1.82) is 0 Å². The van der Waals surface area contributed by atoms with Crippen LogP contribution in [0.25, 0.3) is 5.69 Å². The number of sulfone groups is 1. The minimum absolute atomic E-state index is 0.0535. The van der Waals surface area contributed by atoms with Gasteiger partial charge in [-0.05, 0) is 43.9 Å². The van der Waals surface area contributed by atoms with Crippen molar-refractivity contribution in [3.8, 4) is 5.69 Å². The molecule has 9 heteroatoms. The maximum atomic E-state index is 13.0. The summed E-state index contributed by atoms with van der Waals surface area (Å²) in [6.45, 7) is 8.54. The van der Waals surface area contributed by atoms with E-state index < -0.39 is 9.84 Å². The molecule has 0 spiro atoms. The number of benzene rings is 1. The van der Waals surface area contributed by atoms with Crippen molar-refractivity contribution in [2.24, 2.45) is 5.92 Å². The molecule has 1 aromatic heterocycles. The van der Waals surface area contributed by atoms with Crippen molar-refractivity contribution in [2.75, 3.05) is 23.8 Å². The lowest BCUT2D eigenvalue weighted by molar-refractivity contribution is -0.130. The van der Waals surface area contributed by atoms with Crippen LogP contribution in [0.2, 0.25) is 0 Å². The molecule has 1 amide bonds. The van der Waals surface area contributed by atoms with Gasteiger partial charge in [0.2, 0.25) is 5.91 Å². The molecule has 1 aliphatic heterocycles. The molecule has 1 saturated heterocycles. The third-order valence-corrected chi connectivity index (χ3v) is 7.58. The van der Waals surface area contributed by atoms with Crippen molar-refractivity contribution in [3.63, 3.8) is 0 Å². The quantitative estimate of drug-likeness (QED) is 0.621. The van der Waals surface area contributed by atoms with E-state index in [0.717, 1.165) is 17.1 Å². The Morgan fingerprint density at radius 1 is 1.31 bits per heavy atom. The van der Waals surface area contributed by atoms with Crippen molar-refractivity contribution in [2.45, 2.75) is 45.3 Å². The van der Waals surface area contributed by atoms with Crippen LogP contribution in [-0.2, 0) is 14.6 Å². The van der Waals surface area contributed by atoms with Gasteiger partial charge in [0.15, 0.2) is 15.0 Å². The molecule has 7 nitrogen and oxygen atoms in total. The monoisotopic (exact) mass is 436 g/mol. The molecular weight excluding hydrogens is 408 g/mol. The Kier molecular flexibility index (Phi) is 6.68. The van der Waals surface area contributed by atoms with Crippen LogP contribution in [-0.4, -0.2) is 63.8 Å². The number of rotatable bonds is 7. The molecule has 29 heavy (non-hydrogen) atoms. The van der Waals surface area contributed by atoms with Crippen LogP contribution in [0.4, 0.5) is 0 Å². The zero-order valence-corrected chi connectivity index (χ0v) is 19.0. The highest BCUT2D eigenvalue weighted by Gasteiger charge is 2.34. The number of nitrogens with zero attached hydrogens (tertiary/aromatic N) is 4. The van der Waals surface area contributed by atoms with E-state index in [-0.39, 0.29) is 35.1 Å². The van der Waals surface area contributed by atoms with Crippen LogP contribution < -0.4 is 0 Å². The maximum absolute atomic E-state index is 13.0. The first-order valence-corrected chi connectivity index (χ1v) is 12.6. The first-order valence-electron chi connectivity index (χ1n) is 9.78. The molecular formula is C20H28N4O3S2. The highest BCUT2D eigenvalue weighted by atomic mass is 32.2. The van der Waals surface area contributed by atoms with Crippen molar-refractivity contribution >= 4 is 27.5 Å². The SMILES string of the molecule is Cc1cccc(-n2c(C)nnc2SCC(=O)N(CC(C)C)C2CCS(=O)(=O)C2)c1. The summed E-state index contributed by atoms with van der Waals surface area (Å²) in [4.78, 5) is 14.8. The van der Waals surface area contributed by atoms with Gasteiger partial charge in [-0.25, -0.2) is 8.42 Å². The molecule has 1 atom stereocenters. The minimum Gasteiger partial charge on any atom is -0.338 e. The molecule has 0 aliphatic carbocycles. The number of carbonyl (C=O) groups is 1. The molecule has 1 unspecified atom stereocenters. The molecule has 1 aromatic carbocycles. The third-order valence-electron chi connectivity index (χ3n) is 4.91. The van der Waals surface area contributed by atoms with Gasteiger partial charge in [-0.1, -0.05) is 37.7 Å². The minimum atomic E-state index is -3.05. The van der Waals surface area contributed by atoms with Gasteiger partial charge >= 0.3 is 0 Å². The summed E-state index contributed by atoms with van der Waals surface area (Å²) >= 11 is 1.34. The summed E-state index contributed by atoms with van der Waals surface area (Å²) in [6.07, 6.45) is 0.518. The molecule has 1 aliphatic rings. The second-order valence-electron chi connectivity index (χ2n) is 7.99. The lowest BCUT2D eigenvalue weighted by Gasteiger charge is -2.29.